The van der Waals surface area contributed by atoms with Crippen molar-refractivity contribution in [1.29, 1.82) is 0 Å². The summed E-state index contributed by atoms with van der Waals surface area (Å²) < 4.78 is 5.35. The molecule has 2 aliphatic heterocycles. The van der Waals surface area contributed by atoms with E-state index in [1.165, 1.54) is 19.5 Å². The summed E-state index contributed by atoms with van der Waals surface area (Å²) in [6.45, 7) is 6.63. The average Bonchev–Trinajstić information content (AvgIpc) is 2.58. The molecular weight excluding hydrogens is 211 g/mol. The van der Waals surface area contributed by atoms with Gasteiger partial charge in [-0.1, -0.05) is 0 Å². The van der Waals surface area contributed by atoms with Crippen LogP contribution in [0.1, 0.15) is 6.42 Å². The zero-order valence-electron chi connectivity index (χ0n) is 7.70. The monoisotopic (exact) mass is 228 g/mol. The topological polar surface area (TPSA) is 24.5 Å². The van der Waals surface area contributed by atoms with Crippen molar-refractivity contribution in [3.63, 3.8) is 0 Å². The molecule has 2 heterocycles. The molecule has 0 saturated carbocycles. The molecule has 2 aliphatic rings. The van der Waals surface area contributed by atoms with Gasteiger partial charge in [0, 0.05) is 38.8 Å². The van der Waals surface area contributed by atoms with Crippen LogP contribution in [-0.4, -0.2) is 50.3 Å². The Balaban J connectivity index is 0.000000720. The summed E-state index contributed by atoms with van der Waals surface area (Å²) in [5.74, 6) is 0. The van der Waals surface area contributed by atoms with E-state index in [4.69, 9.17) is 4.74 Å². The van der Waals surface area contributed by atoms with Crippen LogP contribution in [0.5, 0.6) is 0 Å². The standard InChI is InChI=1S/C8H16N2O.2ClH/c1-6-11-7-8(1)10-4-2-9-3-5-10;;/h8-9H,1-7H2;2*1H. The molecular formula is C8H18Cl2N2O. The quantitative estimate of drug-likeness (QED) is 0.709. The highest BCUT2D eigenvalue weighted by Crippen LogP contribution is 2.12. The van der Waals surface area contributed by atoms with Crippen LogP contribution in [0.2, 0.25) is 0 Å². The van der Waals surface area contributed by atoms with Crippen molar-refractivity contribution in [1.82, 2.24) is 10.2 Å². The number of hydrogen-bond donors (Lipinski definition) is 1. The van der Waals surface area contributed by atoms with Crippen LogP contribution in [0.25, 0.3) is 0 Å². The molecule has 3 nitrogen and oxygen atoms in total. The SMILES string of the molecule is C1CN(C2CCOC2)CCN1.Cl.Cl. The molecule has 0 aromatic rings. The maximum absolute atomic E-state index is 5.35. The summed E-state index contributed by atoms with van der Waals surface area (Å²) in [4.78, 5) is 2.55. The zero-order chi connectivity index (χ0) is 7.52. The first-order valence-corrected chi connectivity index (χ1v) is 4.49. The van der Waals surface area contributed by atoms with E-state index in [1.54, 1.807) is 0 Å². The third-order valence-corrected chi connectivity index (χ3v) is 2.57. The molecule has 0 spiro atoms. The van der Waals surface area contributed by atoms with Crippen molar-refractivity contribution in [2.24, 2.45) is 0 Å². The molecule has 0 bridgehead atoms. The average molecular weight is 229 g/mol. The van der Waals surface area contributed by atoms with Crippen LogP contribution < -0.4 is 5.32 Å². The molecule has 13 heavy (non-hydrogen) atoms. The van der Waals surface area contributed by atoms with Gasteiger partial charge in [-0.15, -0.1) is 24.8 Å². The Morgan fingerprint density at radius 2 is 1.85 bits per heavy atom. The predicted molar refractivity (Wildman–Crippen MR) is 58.2 cm³/mol. The first kappa shape index (κ1) is 13.5. The van der Waals surface area contributed by atoms with Gasteiger partial charge in [-0.05, 0) is 6.42 Å². The largest absolute Gasteiger partial charge is 0.380 e. The van der Waals surface area contributed by atoms with Crippen LogP contribution in [0.4, 0.5) is 0 Å². The molecule has 1 atom stereocenters. The third-order valence-electron chi connectivity index (χ3n) is 2.57. The number of rotatable bonds is 1. The van der Waals surface area contributed by atoms with E-state index in [0.29, 0.717) is 0 Å². The smallest absolute Gasteiger partial charge is 0.0622 e. The van der Waals surface area contributed by atoms with E-state index in [0.717, 1.165) is 32.3 Å². The molecule has 5 heteroatoms. The number of nitrogens with zero attached hydrogens (tertiary/aromatic N) is 1. The normalized spacial score (nSPS) is 29.1. The fraction of sp³-hybridized carbons (Fsp3) is 1.00. The van der Waals surface area contributed by atoms with Crippen molar-refractivity contribution >= 4 is 24.8 Å². The van der Waals surface area contributed by atoms with Gasteiger partial charge in [0.15, 0.2) is 0 Å². The summed E-state index contributed by atoms with van der Waals surface area (Å²) in [7, 11) is 0. The maximum atomic E-state index is 5.35. The highest BCUT2D eigenvalue weighted by atomic mass is 35.5. The van der Waals surface area contributed by atoms with Gasteiger partial charge < -0.3 is 10.1 Å². The zero-order valence-corrected chi connectivity index (χ0v) is 9.33. The molecule has 0 radical (unpaired) electrons. The molecule has 0 aliphatic carbocycles. The third kappa shape index (κ3) is 3.60. The fourth-order valence-electron chi connectivity index (χ4n) is 1.86. The van der Waals surface area contributed by atoms with Crippen LogP contribution in [-0.2, 0) is 4.74 Å². The van der Waals surface area contributed by atoms with E-state index < -0.39 is 0 Å². The van der Waals surface area contributed by atoms with Gasteiger partial charge in [0.25, 0.3) is 0 Å². The highest BCUT2D eigenvalue weighted by molar-refractivity contribution is 5.85. The Hall–Kier alpha value is 0.460. The molecule has 0 amide bonds. The molecule has 2 rings (SSSR count). The van der Waals surface area contributed by atoms with Crippen molar-refractivity contribution in [2.45, 2.75) is 12.5 Å². The number of nitrogens with one attached hydrogen (secondary N) is 1. The fourth-order valence-corrected chi connectivity index (χ4v) is 1.86. The Morgan fingerprint density at radius 1 is 1.15 bits per heavy atom. The summed E-state index contributed by atoms with van der Waals surface area (Å²) in [6.07, 6.45) is 1.24. The minimum Gasteiger partial charge on any atom is -0.380 e. The Labute approximate surface area is 92.0 Å². The van der Waals surface area contributed by atoms with Crippen LogP contribution in [0, 0.1) is 0 Å². The lowest BCUT2D eigenvalue weighted by Gasteiger charge is -2.31. The van der Waals surface area contributed by atoms with Gasteiger partial charge in [-0.25, -0.2) is 0 Å². The van der Waals surface area contributed by atoms with Gasteiger partial charge in [0.05, 0.1) is 6.61 Å². The molecule has 0 aromatic heterocycles. The Kier molecular flexibility index (Phi) is 7.09. The summed E-state index contributed by atoms with van der Waals surface area (Å²) in [6, 6.07) is 0.720. The lowest BCUT2D eigenvalue weighted by molar-refractivity contribution is 0.133. The summed E-state index contributed by atoms with van der Waals surface area (Å²) in [5, 5.41) is 3.36. The first-order chi connectivity index (χ1) is 5.47. The van der Waals surface area contributed by atoms with E-state index in [1.807, 2.05) is 0 Å². The minimum atomic E-state index is 0. The van der Waals surface area contributed by atoms with Crippen molar-refractivity contribution in [3.05, 3.63) is 0 Å². The van der Waals surface area contributed by atoms with Crippen LogP contribution in [0.3, 0.4) is 0 Å². The van der Waals surface area contributed by atoms with Crippen LogP contribution in [0.15, 0.2) is 0 Å². The molecule has 2 saturated heterocycles. The van der Waals surface area contributed by atoms with Gasteiger partial charge in [0.2, 0.25) is 0 Å². The van der Waals surface area contributed by atoms with E-state index in [9.17, 15) is 0 Å². The van der Waals surface area contributed by atoms with Gasteiger partial charge in [-0.3, -0.25) is 4.90 Å². The Bertz CT molecular complexity index is 125. The summed E-state index contributed by atoms with van der Waals surface area (Å²) in [5.41, 5.74) is 0. The van der Waals surface area contributed by atoms with Gasteiger partial charge >= 0.3 is 0 Å². The van der Waals surface area contributed by atoms with Crippen molar-refractivity contribution in [3.8, 4) is 0 Å². The molecule has 0 aromatic carbocycles. The maximum Gasteiger partial charge on any atom is 0.0622 e. The number of ether oxygens (including phenoxy) is 1. The minimum absolute atomic E-state index is 0. The lowest BCUT2D eigenvalue weighted by Crippen LogP contribution is -2.48. The lowest BCUT2D eigenvalue weighted by atomic mass is 10.2. The molecule has 2 fully saturated rings. The molecule has 80 valence electrons. The molecule has 1 unspecified atom stereocenters. The second-order valence-electron chi connectivity index (χ2n) is 3.30. The Morgan fingerprint density at radius 3 is 2.38 bits per heavy atom. The number of piperazine rings is 1. The summed E-state index contributed by atoms with van der Waals surface area (Å²) >= 11 is 0. The number of halogens is 2. The molecule has 1 N–H and O–H groups in total. The van der Waals surface area contributed by atoms with Crippen molar-refractivity contribution in [2.75, 3.05) is 39.4 Å². The predicted octanol–water partition coefficient (Wildman–Crippen LogP) is 0.524. The van der Waals surface area contributed by atoms with E-state index in [2.05, 4.69) is 10.2 Å². The van der Waals surface area contributed by atoms with Crippen molar-refractivity contribution < 1.29 is 4.74 Å². The second kappa shape index (κ2) is 6.85. The van der Waals surface area contributed by atoms with Crippen LogP contribution >= 0.6 is 24.8 Å². The second-order valence-corrected chi connectivity index (χ2v) is 3.30. The highest BCUT2D eigenvalue weighted by Gasteiger charge is 2.23. The van der Waals surface area contributed by atoms with E-state index in [-0.39, 0.29) is 24.8 Å². The first-order valence-electron chi connectivity index (χ1n) is 4.49. The van der Waals surface area contributed by atoms with E-state index >= 15 is 0 Å². The van der Waals surface area contributed by atoms with Gasteiger partial charge in [-0.2, -0.15) is 0 Å². The number of hydrogen-bond acceptors (Lipinski definition) is 3. The van der Waals surface area contributed by atoms with Gasteiger partial charge in [0.1, 0.15) is 0 Å².